The zero-order valence-corrected chi connectivity index (χ0v) is 23.3. The lowest BCUT2D eigenvalue weighted by Crippen LogP contribution is -2.13. The second-order valence-corrected chi connectivity index (χ2v) is 14.2. The number of hydrogen-bond acceptors (Lipinski definition) is 8. The summed E-state index contributed by atoms with van der Waals surface area (Å²) in [6.45, 7) is 0. The van der Waals surface area contributed by atoms with E-state index >= 15 is 0 Å². The van der Waals surface area contributed by atoms with Gasteiger partial charge in [-0.15, -0.1) is 0 Å². The van der Waals surface area contributed by atoms with Gasteiger partial charge in [0.15, 0.2) is 0 Å². The second-order valence-electron chi connectivity index (χ2n) is 8.87. The van der Waals surface area contributed by atoms with Crippen molar-refractivity contribution >= 4 is 63.8 Å². The molecule has 41 heavy (non-hydrogen) atoms. The summed E-state index contributed by atoms with van der Waals surface area (Å²) in [6, 6.07) is 23.9. The Morgan fingerprint density at radius 2 is 0.878 bits per heavy atom. The summed E-state index contributed by atoms with van der Waals surface area (Å²) in [5.74, 6) is -0.134. The van der Waals surface area contributed by atoms with Gasteiger partial charge >= 0.3 is 0 Å². The first-order valence-corrected chi connectivity index (χ1v) is 16.4. The van der Waals surface area contributed by atoms with Crippen LogP contribution in [0.3, 0.4) is 0 Å². The Hall–Kier alpha value is -4.73. The van der Waals surface area contributed by atoms with E-state index in [0.29, 0.717) is 22.1 Å². The fourth-order valence-corrected chi connectivity index (χ4v) is 7.40. The van der Waals surface area contributed by atoms with Crippen molar-refractivity contribution in [2.45, 2.75) is 19.6 Å². The Morgan fingerprint density at radius 3 is 1.27 bits per heavy atom. The average molecular weight is 609 g/mol. The molecule has 0 atom stereocenters. The van der Waals surface area contributed by atoms with Crippen LogP contribution in [0.4, 0.5) is 11.9 Å². The van der Waals surface area contributed by atoms with E-state index in [9.17, 15) is 25.3 Å². The summed E-state index contributed by atoms with van der Waals surface area (Å²) < 4.78 is 82.2. The number of nitrogens with one attached hydrogen (secondary N) is 4. The van der Waals surface area contributed by atoms with Crippen LogP contribution in [0.25, 0.3) is 22.1 Å². The highest BCUT2D eigenvalue weighted by molar-refractivity contribution is 7.93. The molecule has 4 N–H and O–H groups in total. The number of H-pyrrole nitrogens is 2. The van der Waals surface area contributed by atoms with Gasteiger partial charge in [0.2, 0.25) is 21.7 Å². The fourth-order valence-electron chi connectivity index (χ4n) is 4.12. The predicted molar refractivity (Wildman–Crippen MR) is 152 cm³/mol. The zero-order chi connectivity index (χ0) is 28.8. The number of anilines is 2. The van der Waals surface area contributed by atoms with Crippen molar-refractivity contribution in [3.05, 3.63) is 97.1 Å². The van der Waals surface area contributed by atoms with Crippen molar-refractivity contribution in [1.82, 2.24) is 19.9 Å². The molecule has 6 aromatic rings. The normalized spacial score (nSPS) is 12.5. The summed E-state index contributed by atoms with van der Waals surface area (Å²) in [5, 5.41) is 0. The second kappa shape index (κ2) is 9.72. The number of sulfone groups is 1. The van der Waals surface area contributed by atoms with Gasteiger partial charge in [0.25, 0.3) is 20.0 Å². The van der Waals surface area contributed by atoms with Crippen molar-refractivity contribution < 1.29 is 25.3 Å². The summed E-state index contributed by atoms with van der Waals surface area (Å²) >= 11 is 0. The van der Waals surface area contributed by atoms with E-state index in [0.717, 1.165) is 0 Å². The van der Waals surface area contributed by atoms with Crippen LogP contribution in [-0.4, -0.2) is 45.2 Å². The maximum Gasteiger partial charge on any atom is 0.264 e. The van der Waals surface area contributed by atoms with Crippen LogP contribution in [0.15, 0.2) is 117 Å². The number of imidazole rings is 2. The molecule has 12 nitrogen and oxygen atoms in total. The number of sulfonamides is 2. The number of hydrogen-bond donors (Lipinski definition) is 4. The van der Waals surface area contributed by atoms with Gasteiger partial charge in [0.05, 0.1) is 41.6 Å². The quantitative estimate of drug-likeness (QED) is 0.201. The lowest BCUT2D eigenvalue weighted by molar-refractivity contribution is 0.595. The molecule has 0 radical (unpaired) electrons. The molecular weight excluding hydrogens is 589 g/mol. The topological polar surface area (TPSA) is 184 Å². The van der Waals surface area contributed by atoms with Gasteiger partial charge in [-0.3, -0.25) is 0 Å². The van der Waals surface area contributed by atoms with Gasteiger partial charge in [-0.2, -0.15) is 0 Å². The van der Waals surface area contributed by atoms with Gasteiger partial charge < -0.3 is 9.97 Å². The largest absolute Gasteiger partial charge is 0.323 e. The first-order valence-electron chi connectivity index (χ1n) is 11.9. The van der Waals surface area contributed by atoms with Crippen LogP contribution < -0.4 is 9.44 Å². The third kappa shape index (κ3) is 5.13. The Balaban J connectivity index is 1.28. The molecule has 15 heteroatoms. The van der Waals surface area contributed by atoms with E-state index in [1.54, 1.807) is 36.4 Å². The molecule has 0 saturated heterocycles. The van der Waals surface area contributed by atoms with Crippen LogP contribution in [0.5, 0.6) is 0 Å². The molecule has 0 aliphatic carbocycles. The molecule has 4 aromatic carbocycles. The molecule has 0 aliphatic heterocycles. The summed E-state index contributed by atoms with van der Waals surface area (Å²) in [6.07, 6.45) is 0. The predicted octanol–water partition coefficient (Wildman–Crippen LogP) is 3.87. The summed E-state index contributed by atoms with van der Waals surface area (Å²) in [4.78, 5) is 14.0. The van der Waals surface area contributed by atoms with Gasteiger partial charge in [0.1, 0.15) is 0 Å². The highest BCUT2D eigenvalue weighted by Gasteiger charge is 2.22. The molecule has 6 rings (SSSR count). The summed E-state index contributed by atoms with van der Waals surface area (Å²) in [5.41, 5.74) is 1.32. The van der Waals surface area contributed by atoms with Crippen LogP contribution in [0.1, 0.15) is 0 Å². The molecule has 0 amide bonds. The van der Waals surface area contributed by atoms with E-state index in [2.05, 4.69) is 29.4 Å². The van der Waals surface area contributed by atoms with E-state index in [4.69, 9.17) is 0 Å². The zero-order valence-electron chi connectivity index (χ0n) is 20.8. The molecule has 2 aromatic heterocycles. The minimum Gasteiger partial charge on any atom is -0.323 e. The van der Waals surface area contributed by atoms with Crippen molar-refractivity contribution in [3.63, 3.8) is 0 Å². The minimum absolute atomic E-state index is 0.0499. The van der Waals surface area contributed by atoms with E-state index < -0.39 is 29.9 Å². The monoisotopic (exact) mass is 608 g/mol. The van der Waals surface area contributed by atoms with Crippen molar-refractivity contribution in [3.8, 4) is 0 Å². The van der Waals surface area contributed by atoms with Gasteiger partial charge in [0, 0.05) is 0 Å². The molecule has 0 saturated carbocycles. The Kier molecular flexibility index (Phi) is 6.28. The first-order chi connectivity index (χ1) is 19.5. The number of fused-ring (bicyclic) bond motifs is 2. The smallest absolute Gasteiger partial charge is 0.264 e. The van der Waals surface area contributed by atoms with Gasteiger partial charge in [-0.25, -0.2) is 44.7 Å². The third-order valence-electron chi connectivity index (χ3n) is 6.10. The molecule has 0 aliphatic rings. The fraction of sp³-hybridized carbons (Fsp3) is 0. The molecule has 0 fully saturated rings. The number of nitrogens with zero attached hydrogens (tertiary/aromatic N) is 2. The Labute approximate surface area is 234 Å². The lowest BCUT2D eigenvalue weighted by Gasteiger charge is -2.05. The Bertz CT molecular complexity index is 2090. The van der Waals surface area contributed by atoms with Crippen LogP contribution in [0.2, 0.25) is 0 Å². The molecule has 208 valence electrons. The number of rotatable bonds is 8. The van der Waals surface area contributed by atoms with Crippen molar-refractivity contribution in [2.75, 3.05) is 9.44 Å². The third-order valence-corrected chi connectivity index (χ3v) is 10.6. The molecule has 0 bridgehead atoms. The molecule has 0 spiro atoms. The lowest BCUT2D eigenvalue weighted by atomic mass is 10.3. The van der Waals surface area contributed by atoms with E-state index in [-0.39, 0.29) is 31.5 Å². The molecule has 0 unspecified atom stereocenters. The summed E-state index contributed by atoms with van der Waals surface area (Å²) in [7, 11) is -11.8. The Morgan fingerprint density at radius 1 is 0.488 bits per heavy atom. The highest BCUT2D eigenvalue weighted by Crippen LogP contribution is 2.28. The van der Waals surface area contributed by atoms with Crippen LogP contribution >= 0.6 is 0 Å². The number of benzene rings is 4. The minimum atomic E-state index is -4.03. The molecule has 2 heterocycles. The standard InChI is InChI=1S/C26H20N6O6S3/c33-39(34,19-11-13-21-23(15-19)29-25(27-21)31-40(35,36)17-7-3-1-4-8-17)20-12-14-22-24(16-20)30-26(28-22)32-41(37,38)18-9-5-2-6-10-18/h1-16H,(H2,27,29,31)(H2,28,30,32). The van der Waals surface area contributed by atoms with Crippen LogP contribution in [0, 0.1) is 0 Å². The maximum absolute atomic E-state index is 13.5. The highest BCUT2D eigenvalue weighted by atomic mass is 32.2. The average Bonchev–Trinajstić information content (AvgIpc) is 3.54. The SMILES string of the molecule is O=S(=O)(Nc1nc2ccc(S(=O)(=O)c3ccc4nc(NS(=O)(=O)c5ccccc5)[nH]c4c3)cc2[nH]1)c1ccccc1. The van der Waals surface area contributed by atoms with E-state index in [1.807, 2.05) is 0 Å². The van der Waals surface area contributed by atoms with Crippen LogP contribution in [-0.2, 0) is 29.9 Å². The van der Waals surface area contributed by atoms with Gasteiger partial charge in [-0.1, -0.05) is 36.4 Å². The number of aromatic nitrogens is 4. The first kappa shape index (κ1) is 26.5. The number of aromatic amines is 2. The van der Waals surface area contributed by atoms with Gasteiger partial charge in [-0.05, 0) is 60.7 Å². The maximum atomic E-state index is 13.5. The molecular formula is C26H20N6O6S3. The van der Waals surface area contributed by atoms with Crippen molar-refractivity contribution in [1.29, 1.82) is 0 Å². The van der Waals surface area contributed by atoms with E-state index in [1.165, 1.54) is 60.7 Å². The van der Waals surface area contributed by atoms with Crippen molar-refractivity contribution in [2.24, 2.45) is 0 Å².